The number of H-pyrrole nitrogens is 1. The van der Waals surface area contributed by atoms with Crippen LogP contribution in [0.2, 0.25) is 0 Å². The average molecular weight is 246 g/mol. The molecule has 0 fully saturated rings. The summed E-state index contributed by atoms with van der Waals surface area (Å²) < 4.78 is 1.62. The second kappa shape index (κ2) is 4.33. The summed E-state index contributed by atoms with van der Waals surface area (Å²) in [7, 11) is 1.78. The first-order valence-corrected chi connectivity index (χ1v) is 5.94. The molecule has 18 heavy (non-hydrogen) atoms. The van der Waals surface area contributed by atoms with Crippen molar-refractivity contribution in [1.82, 2.24) is 14.8 Å². The van der Waals surface area contributed by atoms with E-state index in [1.807, 2.05) is 20.8 Å². The van der Waals surface area contributed by atoms with Crippen molar-refractivity contribution < 1.29 is 0 Å². The van der Waals surface area contributed by atoms with E-state index in [4.69, 9.17) is 5.73 Å². The number of nitrogen functional groups attached to an aromatic ring is 1. The van der Waals surface area contributed by atoms with Gasteiger partial charge in [0, 0.05) is 30.6 Å². The Morgan fingerprint density at radius 1 is 1.44 bits per heavy atom. The van der Waals surface area contributed by atoms with Gasteiger partial charge in [-0.3, -0.25) is 9.48 Å². The molecule has 2 rings (SSSR count). The Kier molecular flexibility index (Phi) is 2.98. The van der Waals surface area contributed by atoms with Crippen molar-refractivity contribution in [3.63, 3.8) is 0 Å². The van der Waals surface area contributed by atoms with Crippen molar-refractivity contribution in [3.8, 4) is 11.3 Å². The van der Waals surface area contributed by atoms with Crippen molar-refractivity contribution in [2.24, 2.45) is 7.05 Å². The molecule has 2 aromatic rings. The fourth-order valence-corrected chi connectivity index (χ4v) is 2.08. The number of hydrogen-bond acceptors (Lipinski definition) is 3. The SMILES string of the molecule is Cc1cc(=O)c(-c2nn(C)c(N)c2C(C)C)c[nH]1. The molecule has 0 amide bonds. The van der Waals surface area contributed by atoms with E-state index in [1.54, 1.807) is 24.0 Å². The fourth-order valence-electron chi connectivity index (χ4n) is 2.08. The predicted molar refractivity (Wildman–Crippen MR) is 72.5 cm³/mol. The molecule has 0 saturated carbocycles. The molecule has 0 spiro atoms. The number of aromatic amines is 1. The molecule has 2 aromatic heterocycles. The van der Waals surface area contributed by atoms with Gasteiger partial charge in [-0.25, -0.2) is 0 Å². The number of nitrogens with two attached hydrogens (primary N) is 1. The maximum Gasteiger partial charge on any atom is 0.191 e. The Morgan fingerprint density at radius 2 is 2.11 bits per heavy atom. The van der Waals surface area contributed by atoms with Crippen LogP contribution in [0.4, 0.5) is 5.82 Å². The van der Waals surface area contributed by atoms with Crippen LogP contribution in [0.25, 0.3) is 11.3 Å². The van der Waals surface area contributed by atoms with Crippen molar-refractivity contribution in [1.29, 1.82) is 0 Å². The van der Waals surface area contributed by atoms with Gasteiger partial charge in [0.2, 0.25) is 0 Å². The minimum Gasteiger partial charge on any atom is -0.384 e. The molecule has 5 nitrogen and oxygen atoms in total. The summed E-state index contributed by atoms with van der Waals surface area (Å²) in [6.07, 6.45) is 1.70. The lowest BCUT2D eigenvalue weighted by Crippen LogP contribution is -2.07. The van der Waals surface area contributed by atoms with E-state index >= 15 is 0 Å². The average Bonchev–Trinajstić information content (AvgIpc) is 2.55. The Bertz CT molecular complexity index is 637. The van der Waals surface area contributed by atoms with E-state index in [2.05, 4.69) is 10.1 Å². The molecule has 2 heterocycles. The Morgan fingerprint density at radius 3 is 2.67 bits per heavy atom. The lowest BCUT2D eigenvalue weighted by molar-refractivity contribution is 0.779. The first-order valence-electron chi connectivity index (χ1n) is 5.94. The molecular formula is C13H18N4O. The van der Waals surface area contributed by atoms with Crippen LogP contribution < -0.4 is 11.2 Å². The number of rotatable bonds is 2. The molecule has 96 valence electrons. The molecule has 0 aliphatic heterocycles. The molecular weight excluding hydrogens is 228 g/mol. The second-order valence-electron chi connectivity index (χ2n) is 4.82. The van der Waals surface area contributed by atoms with Crippen molar-refractivity contribution >= 4 is 5.82 Å². The summed E-state index contributed by atoms with van der Waals surface area (Å²) in [4.78, 5) is 15.1. The van der Waals surface area contributed by atoms with Crippen LogP contribution in [0.1, 0.15) is 31.0 Å². The Hall–Kier alpha value is -2.04. The molecule has 0 aromatic carbocycles. The van der Waals surface area contributed by atoms with Crippen LogP contribution in [-0.4, -0.2) is 14.8 Å². The third-order valence-corrected chi connectivity index (χ3v) is 3.02. The molecule has 0 aliphatic rings. The zero-order chi connectivity index (χ0) is 13.4. The molecule has 0 atom stereocenters. The monoisotopic (exact) mass is 246 g/mol. The smallest absolute Gasteiger partial charge is 0.191 e. The standard InChI is InChI=1S/C13H18N4O/c1-7(2)11-12(16-17(4)13(11)14)9-6-15-8(3)5-10(9)18/h5-7H,14H2,1-4H3,(H,15,18). The number of nitrogens with one attached hydrogen (secondary N) is 1. The van der Waals surface area contributed by atoms with Gasteiger partial charge in [-0.2, -0.15) is 5.10 Å². The number of aryl methyl sites for hydroxylation is 2. The minimum atomic E-state index is -0.0359. The quantitative estimate of drug-likeness (QED) is 0.848. The summed E-state index contributed by atoms with van der Waals surface area (Å²) in [5.74, 6) is 0.828. The van der Waals surface area contributed by atoms with Crippen LogP contribution in [0.3, 0.4) is 0 Å². The summed E-state index contributed by atoms with van der Waals surface area (Å²) in [6.45, 7) is 5.93. The van der Waals surface area contributed by atoms with Gasteiger partial charge in [-0.05, 0) is 12.8 Å². The summed E-state index contributed by atoms with van der Waals surface area (Å²) in [6, 6.07) is 1.57. The van der Waals surface area contributed by atoms with Crippen LogP contribution in [-0.2, 0) is 7.05 Å². The van der Waals surface area contributed by atoms with Gasteiger partial charge < -0.3 is 10.7 Å². The zero-order valence-electron chi connectivity index (χ0n) is 11.1. The summed E-state index contributed by atoms with van der Waals surface area (Å²) >= 11 is 0. The second-order valence-corrected chi connectivity index (χ2v) is 4.82. The van der Waals surface area contributed by atoms with E-state index < -0.39 is 0 Å². The fraction of sp³-hybridized carbons (Fsp3) is 0.385. The lowest BCUT2D eigenvalue weighted by Gasteiger charge is -2.07. The third kappa shape index (κ3) is 1.92. The van der Waals surface area contributed by atoms with Crippen LogP contribution in [0.15, 0.2) is 17.1 Å². The number of aromatic nitrogens is 3. The van der Waals surface area contributed by atoms with Crippen molar-refractivity contribution in [2.75, 3.05) is 5.73 Å². The van der Waals surface area contributed by atoms with E-state index in [0.717, 1.165) is 11.3 Å². The van der Waals surface area contributed by atoms with Crippen molar-refractivity contribution in [3.05, 3.63) is 33.7 Å². The summed E-state index contributed by atoms with van der Waals surface area (Å²) in [5.41, 5.74) is 8.97. The molecule has 0 bridgehead atoms. The van der Waals surface area contributed by atoms with Gasteiger partial charge in [0.15, 0.2) is 5.43 Å². The summed E-state index contributed by atoms with van der Waals surface area (Å²) in [5, 5.41) is 4.36. The van der Waals surface area contributed by atoms with Gasteiger partial charge in [-0.1, -0.05) is 13.8 Å². The topological polar surface area (TPSA) is 76.7 Å². The Labute approximate surface area is 106 Å². The molecule has 0 aliphatic carbocycles. The lowest BCUT2D eigenvalue weighted by atomic mass is 9.99. The molecule has 0 unspecified atom stereocenters. The highest BCUT2D eigenvalue weighted by Crippen LogP contribution is 2.30. The van der Waals surface area contributed by atoms with Gasteiger partial charge in [0.1, 0.15) is 11.5 Å². The van der Waals surface area contributed by atoms with Crippen LogP contribution >= 0.6 is 0 Å². The highest BCUT2D eigenvalue weighted by atomic mass is 16.1. The minimum absolute atomic E-state index is 0.0359. The highest BCUT2D eigenvalue weighted by molar-refractivity contribution is 5.68. The predicted octanol–water partition coefficient (Wildman–Crippen LogP) is 1.79. The molecule has 5 heteroatoms. The van der Waals surface area contributed by atoms with Crippen LogP contribution in [0.5, 0.6) is 0 Å². The van der Waals surface area contributed by atoms with Crippen molar-refractivity contribution in [2.45, 2.75) is 26.7 Å². The van der Waals surface area contributed by atoms with Gasteiger partial charge >= 0.3 is 0 Å². The Balaban J connectivity index is 2.71. The molecule has 0 radical (unpaired) electrons. The number of anilines is 1. The van der Waals surface area contributed by atoms with E-state index in [0.29, 0.717) is 17.1 Å². The zero-order valence-corrected chi connectivity index (χ0v) is 11.1. The first kappa shape index (κ1) is 12.4. The third-order valence-electron chi connectivity index (χ3n) is 3.02. The normalized spacial score (nSPS) is 11.2. The van der Waals surface area contributed by atoms with Gasteiger partial charge in [0.25, 0.3) is 0 Å². The molecule has 0 saturated heterocycles. The van der Waals surface area contributed by atoms with Gasteiger partial charge in [-0.15, -0.1) is 0 Å². The van der Waals surface area contributed by atoms with Crippen LogP contribution in [0, 0.1) is 6.92 Å². The number of pyridine rings is 1. The number of hydrogen-bond donors (Lipinski definition) is 2. The molecule has 3 N–H and O–H groups in total. The van der Waals surface area contributed by atoms with E-state index in [9.17, 15) is 4.79 Å². The maximum absolute atomic E-state index is 12.0. The first-order chi connectivity index (χ1) is 8.41. The number of nitrogens with zero attached hydrogens (tertiary/aromatic N) is 2. The maximum atomic E-state index is 12.0. The van der Waals surface area contributed by atoms with E-state index in [1.165, 1.54) is 0 Å². The van der Waals surface area contributed by atoms with Gasteiger partial charge in [0.05, 0.1) is 5.56 Å². The van der Waals surface area contributed by atoms with E-state index in [-0.39, 0.29) is 11.3 Å². The highest BCUT2D eigenvalue weighted by Gasteiger charge is 2.19. The largest absolute Gasteiger partial charge is 0.384 e.